The van der Waals surface area contributed by atoms with Gasteiger partial charge in [-0.3, -0.25) is 9.78 Å². The lowest BCUT2D eigenvalue weighted by Crippen LogP contribution is -2.17. The molecule has 0 aliphatic carbocycles. The van der Waals surface area contributed by atoms with Crippen molar-refractivity contribution >= 4 is 5.97 Å². The van der Waals surface area contributed by atoms with Gasteiger partial charge in [0.15, 0.2) is 0 Å². The zero-order valence-electron chi connectivity index (χ0n) is 7.77. The van der Waals surface area contributed by atoms with Crippen LogP contribution >= 0.6 is 0 Å². The summed E-state index contributed by atoms with van der Waals surface area (Å²) in [6.45, 7) is 3.80. The first-order chi connectivity index (χ1) is 6.13. The van der Waals surface area contributed by atoms with Crippen LogP contribution in [-0.2, 0) is 4.79 Å². The van der Waals surface area contributed by atoms with Crippen LogP contribution in [0.15, 0.2) is 24.5 Å². The van der Waals surface area contributed by atoms with Gasteiger partial charge in [-0.25, -0.2) is 0 Å². The Bertz CT molecular complexity index is 282. The molecule has 0 aromatic carbocycles. The molecule has 1 atom stereocenters. The van der Waals surface area contributed by atoms with Crippen LogP contribution in [0.3, 0.4) is 0 Å². The van der Waals surface area contributed by atoms with Gasteiger partial charge >= 0.3 is 5.97 Å². The standard InChI is InChI=1S/C10H13NO2/c1-7(2)9(10(12)13)8-3-5-11-6-4-8/h3-7,9H,1-2H3,(H,12,13). The predicted octanol–water partition coefficient (Wildman–Crippen LogP) is 1.91. The number of hydrogen-bond acceptors (Lipinski definition) is 2. The molecule has 3 heteroatoms. The summed E-state index contributed by atoms with van der Waals surface area (Å²) in [5.74, 6) is -1.11. The van der Waals surface area contributed by atoms with Crippen molar-refractivity contribution in [1.82, 2.24) is 4.98 Å². The second-order valence-electron chi connectivity index (χ2n) is 3.34. The van der Waals surface area contributed by atoms with Crippen LogP contribution in [-0.4, -0.2) is 16.1 Å². The van der Waals surface area contributed by atoms with Gasteiger partial charge < -0.3 is 5.11 Å². The molecule has 1 heterocycles. The van der Waals surface area contributed by atoms with Gasteiger partial charge in [0.1, 0.15) is 0 Å². The largest absolute Gasteiger partial charge is 0.481 e. The monoisotopic (exact) mass is 179 g/mol. The Morgan fingerprint density at radius 2 is 1.92 bits per heavy atom. The zero-order chi connectivity index (χ0) is 9.84. The molecule has 1 aromatic rings. The van der Waals surface area contributed by atoms with Crippen molar-refractivity contribution in [3.05, 3.63) is 30.1 Å². The van der Waals surface area contributed by atoms with E-state index in [-0.39, 0.29) is 5.92 Å². The fourth-order valence-electron chi connectivity index (χ4n) is 1.38. The minimum Gasteiger partial charge on any atom is -0.481 e. The van der Waals surface area contributed by atoms with Gasteiger partial charge in [-0.2, -0.15) is 0 Å². The molecule has 1 rings (SSSR count). The summed E-state index contributed by atoms with van der Waals surface area (Å²) in [5.41, 5.74) is 0.817. The maximum atomic E-state index is 10.9. The highest BCUT2D eigenvalue weighted by molar-refractivity contribution is 5.76. The van der Waals surface area contributed by atoms with E-state index in [9.17, 15) is 4.79 Å². The van der Waals surface area contributed by atoms with Crippen LogP contribution < -0.4 is 0 Å². The molecule has 1 unspecified atom stereocenters. The van der Waals surface area contributed by atoms with E-state index < -0.39 is 11.9 Å². The first-order valence-corrected chi connectivity index (χ1v) is 4.25. The lowest BCUT2D eigenvalue weighted by molar-refractivity contribution is -0.139. The van der Waals surface area contributed by atoms with Crippen LogP contribution in [0.2, 0.25) is 0 Å². The number of carbonyl (C=O) groups is 1. The van der Waals surface area contributed by atoms with Crippen molar-refractivity contribution in [2.45, 2.75) is 19.8 Å². The molecule has 0 fully saturated rings. The Kier molecular flexibility index (Phi) is 3.01. The highest BCUT2D eigenvalue weighted by Crippen LogP contribution is 2.23. The molecule has 0 bridgehead atoms. The number of nitrogens with zero attached hydrogens (tertiary/aromatic N) is 1. The van der Waals surface area contributed by atoms with E-state index in [1.54, 1.807) is 24.5 Å². The van der Waals surface area contributed by atoms with Gasteiger partial charge in [0.05, 0.1) is 5.92 Å². The van der Waals surface area contributed by atoms with E-state index in [2.05, 4.69) is 4.98 Å². The molecule has 1 N–H and O–H groups in total. The van der Waals surface area contributed by atoms with Crippen LogP contribution in [0.5, 0.6) is 0 Å². The molecular formula is C10H13NO2. The summed E-state index contributed by atoms with van der Waals surface area (Å²) in [7, 11) is 0. The van der Waals surface area contributed by atoms with Crippen LogP contribution in [0.1, 0.15) is 25.3 Å². The van der Waals surface area contributed by atoms with Crippen LogP contribution in [0, 0.1) is 5.92 Å². The van der Waals surface area contributed by atoms with Gasteiger partial charge in [-0.05, 0) is 23.6 Å². The van der Waals surface area contributed by atoms with Gasteiger partial charge in [-0.15, -0.1) is 0 Å². The topological polar surface area (TPSA) is 50.2 Å². The number of aliphatic carboxylic acids is 1. The number of aromatic nitrogens is 1. The van der Waals surface area contributed by atoms with Gasteiger partial charge in [0.2, 0.25) is 0 Å². The van der Waals surface area contributed by atoms with E-state index in [1.165, 1.54) is 0 Å². The average Bonchev–Trinajstić information content (AvgIpc) is 2.04. The summed E-state index contributed by atoms with van der Waals surface area (Å²) in [6.07, 6.45) is 3.24. The van der Waals surface area contributed by atoms with Gasteiger partial charge in [0.25, 0.3) is 0 Å². The molecule has 70 valence electrons. The SMILES string of the molecule is CC(C)C(C(=O)O)c1ccncc1. The molecule has 3 nitrogen and oxygen atoms in total. The number of carboxylic acid groups (broad SMARTS) is 1. The van der Waals surface area contributed by atoms with Crippen molar-refractivity contribution in [2.75, 3.05) is 0 Å². The smallest absolute Gasteiger partial charge is 0.311 e. The highest BCUT2D eigenvalue weighted by atomic mass is 16.4. The highest BCUT2D eigenvalue weighted by Gasteiger charge is 2.22. The normalized spacial score (nSPS) is 12.8. The number of rotatable bonds is 3. The lowest BCUT2D eigenvalue weighted by Gasteiger charge is -2.15. The molecule has 0 spiro atoms. The zero-order valence-corrected chi connectivity index (χ0v) is 7.77. The predicted molar refractivity (Wildman–Crippen MR) is 49.5 cm³/mol. The molecule has 0 amide bonds. The van der Waals surface area contributed by atoms with E-state index in [0.29, 0.717) is 0 Å². The molecule has 1 aromatic heterocycles. The third-order valence-electron chi connectivity index (χ3n) is 2.00. The van der Waals surface area contributed by atoms with Crippen molar-refractivity contribution in [3.8, 4) is 0 Å². The second kappa shape index (κ2) is 4.03. The fourth-order valence-corrected chi connectivity index (χ4v) is 1.38. The van der Waals surface area contributed by atoms with Crippen molar-refractivity contribution in [1.29, 1.82) is 0 Å². The number of hydrogen-bond donors (Lipinski definition) is 1. The first kappa shape index (κ1) is 9.71. The maximum absolute atomic E-state index is 10.9. The van der Waals surface area contributed by atoms with E-state index in [0.717, 1.165) is 5.56 Å². The Morgan fingerprint density at radius 1 is 1.38 bits per heavy atom. The van der Waals surface area contributed by atoms with E-state index >= 15 is 0 Å². The quantitative estimate of drug-likeness (QED) is 0.771. The summed E-state index contributed by atoms with van der Waals surface area (Å²) in [5, 5.41) is 8.98. The summed E-state index contributed by atoms with van der Waals surface area (Å²) < 4.78 is 0. The first-order valence-electron chi connectivity index (χ1n) is 4.25. The minimum atomic E-state index is -0.777. The lowest BCUT2D eigenvalue weighted by atomic mass is 9.89. The number of pyridine rings is 1. The van der Waals surface area contributed by atoms with Crippen LogP contribution in [0.25, 0.3) is 0 Å². The van der Waals surface area contributed by atoms with E-state index in [4.69, 9.17) is 5.11 Å². The Labute approximate surface area is 77.4 Å². The Morgan fingerprint density at radius 3 is 2.31 bits per heavy atom. The number of carboxylic acids is 1. The van der Waals surface area contributed by atoms with Crippen molar-refractivity contribution in [2.24, 2.45) is 5.92 Å². The van der Waals surface area contributed by atoms with E-state index in [1.807, 2.05) is 13.8 Å². The van der Waals surface area contributed by atoms with Crippen molar-refractivity contribution in [3.63, 3.8) is 0 Å². The Balaban J connectivity index is 2.96. The third-order valence-corrected chi connectivity index (χ3v) is 2.00. The third kappa shape index (κ3) is 2.28. The van der Waals surface area contributed by atoms with Crippen LogP contribution in [0.4, 0.5) is 0 Å². The molecular weight excluding hydrogens is 166 g/mol. The van der Waals surface area contributed by atoms with Crippen molar-refractivity contribution < 1.29 is 9.90 Å². The summed E-state index contributed by atoms with van der Waals surface area (Å²) in [4.78, 5) is 14.8. The maximum Gasteiger partial charge on any atom is 0.311 e. The molecule has 0 saturated carbocycles. The Hall–Kier alpha value is -1.38. The minimum absolute atomic E-state index is 0.0971. The molecule has 0 saturated heterocycles. The molecule has 0 aliphatic rings. The molecule has 0 radical (unpaired) electrons. The van der Waals surface area contributed by atoms with Gasteiger partial charge in [-0.1, -0.05) is 13.8 Å². The molecule has 0 aliphatic heterocycles. The fraction of sp³-hybridized carbons (Fsp3) is 0.400. The molecule has 13 heavy (non-hydrogen) atoms. The summed E-state index contributed by atoms with van der Waals surface area (Å²) in [6, 6.07) is 3.50. The second-order valence-corrected chi connectivity index (χ2v) is 3.34. The van der Waals surface area contributed by atoms with Gasteiger partial charge in [0, 0.05) is 12.4 Å². The summed E-state index contributed by atoms with van der Waals surface area (Å²) >= 11 is 0. The average molecular weight is 179 g/mol.